The highest BCUT2D eigenvalue weighted by atomic mass is 16.2. The van der Waals surface area contributed by atoms with Gasteiger partial charge in [-0.25, -0.2) is 4.98 Å². The van der Waals surface area contributed by atoms with Gasteiger partial charge in [-0.05, 0) is 104 Å². The van der Waals surface area contributed by atoms with Crippen LogP contribution in [0.2, 0.25) is 0 Å². The Kier molecular flexibility index (Phi) is 29.6. The van der Waals surface area contributed by atoms with Crippen LogP contribution >= 0.6 is 0 Å². The molecule has 0 aliphatic carbocycles. The average Bonchev–Trinajstić information content (AvgIpc) is 0.987. The predicted molar refractivity (Wildman–Crippen MR) is 414 cm³/mol. The number of dihydropyridines is 1. The van der Waals surface area contributed by atoms with Gasteiger partial charge in [0, 0.05) is 120 Å². The fraction of sp³-hybridized carbons (Fsp3) is 0.759. The zero-order valence-corrected chi connectivity index (χ0v) is 70.1. The molecule has 1 aromatic heterocycles. The van der Waals surface area contributed by atoms with Crippen LogP contribution in [0, 0.1) is 61.1 Å². The molecule has 0 radical (unpaired) electrons. The highest BCUT2D eigenvalue weighted by molar-refractivity contribution is 6.01. The van der Waals surface area contributed by atoms with E-state index in [0.717, 1.165) is 57.2 Å². The zero-order chi connectivity index (χ0) is 76.0. The lowest BCUT2D eigenvalue weighted by Gasteiger charge is -2.39. The van der Waals surface area contributed by atoms with Crippen molar-refractivity contribution in [3.63, 3.8) is 0 Å². The van der Waals surface area contributed by atoms with E-state index in [1.807, 2.05) is 34.6 Å². The number of allylic oxidation sites excluding steroid dienone is 10. The first-order valence-electron chi connectivity index (χ1n) is 36.1. The molecule has 6 rings (SSSR count). The summed E-state index contributed by atoms with van der Waals surface area (Å²) in [4.78, 5) is 60.7. The quantitative estimate of drug-likeness (QED) is 0.133. The lowest BCUT2D eigenvalue weighted by Crippen LogP contribution is -2.43. The van der Waals surface area contributed by atoms with Gasteiger partial charge in [-0.1, -0.05) is 255 Å². The van der Waals surface area contributed by atoms with Gasteiger partial charge in [0.1, 0.15) is 5.82 Å². The minimum atomic E-state index is -0.194. The number of Topliss-reactive ketones (excluding diaryl/α,β-unsaturated/α-hetero) is 1. The van der Waals surface area contributed by atoms with Gasteiger partial charge in [-0.3, -0.25) is 24.2 Å². The molecule has 3 unspecified atom stereocenters. The Balaban J connectivity index is 0.000000576. The van der Waals surface area contributed by atoms with Gasteiger partial charge in [0.15, 0.2) is 5.78 Å². The number of carbonyl (C=O) groups excluding carboxylic acids is 3. The summed E-state index contributed by atoms with van der Waals surface area (Å²) in [6.07, 6.45) is 6.52. The van der Waals surface area contributed by atoms with E-state index in [9.17, 15) is 19.2 Å². The lowest BCUT2D eigenvalue weighted by atomic mass is 9.73. The summed E-state index contributed by atoms with van der Waals surface area (Å²) in [5.41, 5.74) is 15.9. The summed E-state index contributed by atoms with van der Waals surface area (Å²) in [5.74, 6) is 1.08. The third kappa shape index (κ3) is 27.1. The summed E-state index contributed by atoms with van der Waals surface area (Å²) in [6, 6.07) is 1.16. The summed E-state index contributed by atoms with van der Waals surface area (Å²) in [6.45, 7) is 91.6. The van der Waals surface area contributed by atoms with Crippen molar-refractivity contribution in [2.24, 2.45) is 59.1 Å². The number of carbonyl (C=O) groups is 3. The van der Waals surface area contributed by atoms with Crippen molar-refractivity contribution in [3.05, 3.63) is 95.6 Å². The molecule has 1 aromatic rings. The third-order valence-corrected chi connectivity index (χ3v) is 17.1. The maximum Gasteiger partial charge on any atom is 0.254 e. The molecule has 0 saturated carbocycles. The Morgan fingerprint density at radius 3 is 1.23 bits per heavy atom. The Hall–Kier alpha value is -5.20. The van der Waals surface area contributed by atoms with E-state index in [4.69, 9.17) is 0 Å². The van der Waals surface area contributed by atoms with E-state index >= 15 is 0 Å². The SMILES string of the molecule is CC1=CCC(C(C)(C)C)=C(C(C)(C)C)N1.CC1=NC(C(C)(C)C)=C(C(C)(C)C)C(=O)NC1.CC1CC(=O)C(C(C)(C)C)=C(C(C)(C)C)N1.CC1CCC(C(C)(C)C)=C(C(C)(C)C)N1.CC1CNC(=O)C(C(C)(C)C)=C(C(C)(C)C)N1.Cc1nc(C(C)(C)C)c(C(C)(C)C)c(=O)[nH]1. The first kappa shape index (κ1) is 88.8. The minimum absolute atomic E-state index is 0.00690. The summed E-state index contributed by atoms with van der Waals surface area (Å²) in [5, 5.41) is 20.2. The largest absolute Gasteiger partial charge is 0.385 e. The Labute approximate surface area is 589 Å². The smallest absolute Gasteiger partial charge is 0.254 e. The second-order valence-electron chi connectivity index (χ2n) is 40.6. The van der Waals surface area contributed by atoms with Crippen molar-refractivity contribution in [2.75, 3.05) is 13.1 Å². The highest BCUT2D eigenvalue weighted by Gasteiger charge is 2.40. The zero-order valence-electron chi connectivity index (χ0n) is 70.1. The average molecular weight is 1340 g/mol. The number of hydrogen-bond acceptors (Lipinski definition) is 10. The van der Waals surface area contributed by atoms with Crippen LogP contribution in [0.1, 0.15) is 327 Å². The van der Waals surface area contributed by atoms with Gasteiger partial charge in [0.25, 0.3) is 5.56 Å². The second-order valence-corrected chi connectivity index (χ2v) is 40.6. The topological polar surface area (TPSA) is 181 Å². The molecule has 96 heavy (non-hydrogen) atoms. The number of nitrogens with zero attached hydrogens (tertiary/aromatic N) is 2. The number of aryl methyl sites for hydroxylation is 1. The van der Waals surface area contributed by atoms with Gasteiger partial charge in [0.05, 0.1) is 17.9 Å². The van der Waals surface area contributed by atoms with E-state index in [-0.39, 0.29) is 89.0 Å². The van der Waals surface area contributed by atoms with Gasteiger partial charge in [-0.15, -0.1) is 0 Å². The van der Waals surface area contributed by atoms with Crippen LogP contribution in [0.15, 0.2) is 77.9 Å². The number of rotatable bonds is 0. The molecular formula is C83H149N9O4. The molecule has 0 bridgehead atoms. The van der Waals surface area contributed by atoms with Crippen molar-refractivity contribution in [2.45, 2.75) is 345 Å². The van der Waals surface area contributed by atoms with Gasteiger partial charge in [0.2, 0.25) is 11.8 Å². The normalized spacial score (nSPS) is 20.1. The minimum Gasteiger partial charge on any atom is -0.385 e. The summed E-state index contributed by atoms with van der Waals surface area (Å²) < 4.78 is 0. The first-order chi connectivity index (χ1) is 42.4. The van der Waals surface area contributed by atoms with E-state index < -0.39 is 0 Å². The number of amides is 2. The van der Waals surface area contributed by atoms with Crippen molar-refractivity contribution in [3.8, 4) is 0 Å². The van der Waals surface area contributed by atoms with Crippen LogP contribution in [0.3, 0.4) is 0 Å². The van der Waals surface area contributed by atoms with Crippen LogP contribution in [-0.2, 0) is 25.2 Å². The van der Waals surface area contributed by atoms with E-state index in [0.29, 0.717) is 42.6 Å². The molecule has 2 amide bonds. The number of hydrogen-bond donors (Lipinski definition) is 7. The lowest BCUT2D eigenvalue weighted by molar-refractivity contribution is -0.119. The molecule has 0 saturated heterocycles. The predicted octanol–water partition coefficient (Wildman–Crippen LogP) is 19.7. The Bertz CT molecular complexity index is 3130. The molecule has 0 aromatic carbocycles. The van der Waals surface area contributed by atoms with Crippen molar-refractivity contribution >= 4 is 23.3 Å². The molecule has 5 aliphatic heterocycles. The maximum absolute atomic E-state index is 12.3. The molecule has 13 nitrogen and oxygen atoms in total. The fourth-order valence-electron chi connectivity index (χ4n) is 12.5. The number of nitrogens with one attached hydrogen (secondary N) is 7. The molecule has 13 heteroatoms. The van der Waals surface area contributed by atoms with Gasteiger partial charge < -0.3 is 36.9 Å². The van der Waals surface area contributed by atoms with Crippen LogP contribution in [0.25, 0.3) is 0 Å². The van der Waals surface area contributed by atoms with Crippen LogP contribution in [-0.4, -0.2) is 64.5 Å². The monoisotopic (exact) mass is 1340 g/mol. The Morgan fingerprint density at radius 2 is 0.833 bits per heavy atom. The first-order valence-corrected chi connectivity index (χ1v) is 36.1. The maximum atomic E-state index is 12.3. The number of aromatic nitrogens is 2. The number of aliphatic imine (C=N–C) groups is 1. The van der Waals surface area contributed by atoms with Gasteiger partial charge in [-0.2, -0.15) is 0 Å². The number of ketones is 1. The molecule has 0 spiro atoms. The third-order valence-electron chi connectivity index (χ3n) is 17.1. The summed E-state index contributed by atoms with van der Waals surface area (Å²) >= 11 is 0. The van der Waals surface area contributed by atoms with Crippen molar-refractivity contribution < 1.29 is 14.4 Å². The van der Waals surface area contributed by atoms with E-state index in [1.54, 1.807) is 11.1 Å². The number of H-pyrrole nitrogens is 1. The fourth-order valence-corrected chi connectivity index (χ4v) is 12.5. The molecular weight excluding hydrogens is 1190 g/mol. The molecule has 5 aliphatic rings. The van der Waals surface area contributed by atoms with Crippen LogP contribution in [0.4, 0.5) is 0 Å². The standard InChI is InChI=1S/C14H26N2O.C14H24N2O.C14H25NO.C14H27N.C14H25N.C13H22N2O/c2*1-9-8-15-12(17)10(13(2,3)4)11(16-9)14(5,6)7;1-9-8-10(16)11(13(2,3)4)12(15-9)14(5,6)7;2*1-10-8-9-11(13(2,3)4)12(15-10)14(5,6)7;1-8-14-10(13(5,6)7)9(11(16)15-8)12(2,3)4/h9,16H,8H2,1-7H3,(H,15,17);8H2,1-7H3,(H,15,17);9,15H,8H2,1-7H3;10,15H,8-9H2,1-7H3;8,15H,9H2,1-7H3;1-7H3,(H,14,15,16). The Morgan fingerprint density at radius 1 is 0.417 bits per heavy atom. The van der Waals surface area contributed by atoms with Crippen molar-refractivity contribution in [1.82, 2.24) is 41.9 Å². The van der Waals surface area contributed by atoms with E-state index in [2.05, 4.69) is 309 Å². The summed E-state index contributed by atoms with van der Waals surface area (Å²) in [7, 11) is 0. The van der Waals surface area contributed by atoms with Crippen LogP contribution < -0.4 is 37.5 Å². The van der Waals surface area contributed by atoms with Crippen molar-refractivity contribution in [1.29, 1.82) is 0 Å². The molecule has 0 fully saturated rings. The molecule has 3 atom stereocenters. The molecule has 7 N–H and O–H groups in total. The highest BCUT2D eigenvalue weighted by Crippen LogP contribution is 2.44. The second kappa shape index (κ2) is 32.0. The van der Waals surface area contributed by atoms with E-state index in [1.165, 1.54) is 29.9 Å². The number of aromatic amines is 1. The van der Waals surface area contributed by atoms with Crippen LogP contribution in [0.5, 0.6) is 0 Å². The van der Waals surface area contributed by atoms with Gasteiger partial charge >= 0.3 is 0 Å². The molecule has 550 valence electrons. The molecule has 6 heterocycles.